The quantitative estimate of drug-likeness (QED) is 0.403. The Morgan fingerprint density at radius 1 is 1.36 bits per heavy atom. The molecule has 1 unspecified atom stereocenters. The molecule has 2 N–H and O–H groups in total. The summed E-state index contributed by atoms with van der Waals surface area (Å²) in [6.45, 7) is 0.186. The lowest BCUT2D eigenvalue weighted by atomic mass is 9.92. The Hall–Kier alpha value is -3.00. The number of aromatic nitrogens is 1. The summed E-state index contributed by atoms with van der Waals surface area (Å²) < 4.78 is 54.1. The van der Waals surface area contributed by atoms with E-state index in [1.165, 1.54) is 28.4 Å². The Morgan fingerprint density at radius 3 is 2.79 bits per heavy atom. The highest BCUT2D eigenvalue weighted by molar-refractivity contribution is 7.11. The number of likely N-dealkylation sites (tertiary alicyclic amines) is 1. The number of thiazole rings is 1. The van der Waals surface area contributed by atoms with Crippen LogP contribution in [0.4, 0.5) is 13.2 Å². The van der Waals surface area contributed by atoms with Gasteiger partial charge in [-0.2, -0.15) is 0 Å². The molecular weight excluding hydrogens is 561 g/mol. The van der Waals surface area contributed by atoms with Gasteiger partial charge in [-0.15, -0.1) is 11.3 Å². The number of aliphatic carboxylic acids is 1. The van der Waals surface area contributed by atoms with E-state index in [1.54, 1.807) is 18.5 Å². The molecule has 2 aliphatic rings. The van der Waals surface area contributed by atoms with Gasteiger partial charge in [0, 0.05) is 40.3 Å². The highest BCUT2D eigenvalue weighted by Gasteiger charge is 2.45. The van der Waals surface area contributed by atoms with E-state index in [1.807, 2.05) is 0 Å². The van der Waals surface area contributed by atoms with Crippen molar-refractivity contribution in [2.24, 2.45) is 10.9 Å². The SMILES string of the molecule is CCOC(=O)C1=C(CN2CCC(COCC(=O)O)C(F)(F)C2)NC(c2nccs2)=N[C@H]1c1ccc(F)cc1Cl. The molecule has 9 nitrogen and oxygen atoms in total. The van der Waals surface area contributed by atoms with Crippen LogP contribution in [0.2, 0.25) is 5.02 Å². The Morgan fingerprint density at radius 2 is 2.15 bits per heavy atom. The fourth-order valence-electron chi connectivity index (χ4n) is 4.48. The fraction of sp³-hybridized carbons (Fsp3) is 0.440. The van der Waals surface area contributed by atoms with E-state index in [4.69, 9.17) is 26.2 Å². The van der Waals surface area contributed by atoms with Crippen LogP contribution in [0.25, 0.3) is 0 Å². The number of alkyl halides is 2. The molecule has 39 heavy (non-hydrogen) atoms. The molecule has 0 saturated carbocycles. The van der Waals surface area contributed by atoms with Gasteiger partial charge >= 0.3 is 11.9 Å². The number of hydrogen-bond donors (Lipinski definition) is 2. The number of nitrogens with zero attached hydrogens (tertiary/aromatic N) is 3. The zero-order chi connectivity index (χ0) is 28.2. The molecule has 0 spiro atoms. The second kappa shape index (κ2) is 12.5. The number of aliphatic imine (C=N–C) groups is 1. The lowest BCUT2D eigenvalue weighted by Gasteiger charge is -2.39. The monoisotopic (exact) mass is 586 g/mol. The summed E-state index contributed by atoms with van der Waals surface area (Å²) in [5.41, 5.74) is 0.699. The smallest absolute Gasteiger partial charge is 0.338 e. The normalized spacial score (nSPS) is 21.3. The van der Waals surface area contributed by atoms with Gasteiger partial charge in [-0.1, -0.05) is 17.7 Å². The summed E-state index contributed by atoms with van der Waals surface area (Å²) in [6, 6.07) is 2.72. The molecule has 1 aromatic heterocycles. The zero-order valence-electron chi connectivity index (χ0n) is 20.8. The number of carboxylic acid groups (broad SMARTS) is 1. The third kappa shape index (κ3) is 6.96. The number of carbonyl (C=O) groups is 2. The molecule has 14 heteroatoms. The van der Waals surface area contributed by atoms with Crippen molar-refractivity contribution in [2.75, 3.05) is 39.5 Å². The minimum absolute atomic E-state index is 0.0407. The maximum Gasteiger partial charge on any atom is 0.338 e. The summed E-state index contributed by atoms with van der Waals surface area (Å²) in [6.07, 6.45) is 1.63. The van der Waals surface area contributed by atoms with Crippen LogP contribution in [0, 0.1) is 11.7 Å². The molecule has 0 bridgehead atoms. The molecule has 1 aromatic carbocycles. The number of amidine groups is 1. The number of hydrogen-bond acceptors (Lipinski definition) is 9. The first-order valence-electron chi connectivity index (χ1n) is 12.1. The summed E-state index contributed by atoms with van der Waals surface area (Å²) in [5, 5.41) is 14.1. The second-order valence-corrected chi connectivity index (χ2v) is 10.3. The van der Waals surface area contributed by atoms with Crippen molar-refractivity contribution in [1.29, 1.82) is 0 Å². The number of rotatable bonds is 10. The van der Waals surface area contributed by atoms with Gasteiger partial charge in [0.1, 0.15) is 18.5 Å². The van der Waals surface area contributed by atoms with Gasteiger partial charge in [0.25, 0.3) is 5.92 Å². The predicted octanol–water partition coefficient (Wildman–Crippen LogP) is 3.90. The van der Waals surface area contributed by atoms with Crippen molar-refractivity contribution < 1.29 is 37.3 Å². The van der Waals surface area contributed by atoms with Gasteiger partial charge in [-0.25, -0.2) is 27.7 Å². The molecule has 4 rings (SSSR count). The van der Waals surface area contributed by atoms with Gasteiger partial charge in [-0.05, 0) is 32.0 Å². The van der Waals surface area contributed by atoms with Crippen molar-refractivity contribution in [3.8, 4) is 0 Å². The number of ether oxygens (including phenoxy) is 2. The Balaban J connectivity index is 1.67. The van der Waals surface area contributed by atoms with Crippen LogP contribution in [0.1, 0.15) is 30.0 Å². The Bertz CT molecular complexity index is 1270. The van der Waals surface area contributed by atoms with E-state index in [-0.39, 0.29) is 49.0 Å². The van der Waals surface area contributed by atoms with Crippen molar-refractivity contribution in [3.05, 3.63) is 62.5 Å². The zero-order valence-corrected chi connectivity index (χ0v) is 22.4. The molecule has 2 aromatic rings. The van der Waals surface area contributed by atoms with E-state index in [9.17, 15) is 14.0 Å². The van der Waals surface area contributed by atoms with E-state index < -0.39 is 48.8 Å². The molecule has 1 fully saturated rings. The van der Waals surface area contributed by atoms with Crippen molar-refractivity contribution in [1.82, 2.24) is 15.2 Å². The van der Waals surface area contributed by atoms with Gasteiger partial charge in [0.05, 0.1) is 25.3 Å². The van der Waals surface area contributed by atoms with Crippen LogP contribution in [-0.4, -0.2) is 78.1 Å². The summed E-state index contributed by atoms with van der Waals surface area (Å²) >= 11 is 7.65. The standard InChI is InChI=1S/C25H26ClF3N4O5S/c1-2-38-24(36)20-18(10-33-7-5-14(25(28,29)13-33)11-37-12-19(34)35)31-22(23-30-6-8-39-23)32-21(20)16-4-3-15(27)9-17(16)26/h3-4,6,8-9,14,21H,2,5,7,10-13H2,1H3,(H,31,32)(H,34,35)/t14?,21-/m0/s1. The van der Waals surface area contributed by atoms with Crippen LogP contribution in [0.3, 0.4) is 0 Å². The molecular formula is C25H26ClF3N4O5S. The Kier molecular flexibility index (Phi) is 9.26. The van der Waals surface area contributed by atoms with Crippen molar-refractivity contribution >= 4 is 40.7 Å². The van der Waals surface area contributed by atoms with Crippen LogP contribution < -0.4 is 5.32 Å². The van der Waals surface area contributed by atoms with Crippen molar-refractivity contribution in [2.45, 2.75) is 25.3 Å². The van der Waals surface area contributed by atoms with Gasteiger partial charge in [0.2, 0.25) is 0 Å². The maximum atomic E-state index is 15.0. The lowest BCUT2D eigenvalue weighted by molar-refractivity contribution is -0.151. The van der Waals surface area contributed by atoms with Gasteiger partial charge in [0.15, 0.2) is 10.8 Å². The molecule has 0 radical (unpaired) electrons. The van der Waals surface area contributed by atoms with Crippen molar-refractivity contribution in [3.63, 3.8) is 0 Å². The van der Waals surface area contributed by atoms with E-state index in [0.717, 1.165) is 6.07 Å². The average molecular weight is 587 g/mol. The van der Waals surface area contributed by atoms with Crippen LogP contribution >= 0.6 is 22.9 Å². The predicted molar refractivity (Wildman–Crippen MR) is 138 cm³/mol. The Labute approximate surface area is 231 Å². The number of piperidine rings is 1. The largest absolute Gasteiger partial charge is 0.480 e. The van der Waals surface area contributed by atoms with E-state index in [2.05, 4.69) is 15.3 Å². The molecule has 2 atom stereocenters. The highest BCUT2D eigenvalue weighted by Crippen LogP contribution is 2.38. The molecule has 3 heterocycles. The number of esters is 1. The van der Waals surface area contributed by atoms with E-state index in [0.29, 0.717) is 16.4 Å². The first kappa shape index (κ1) is 29.0. The number of carbonyl (C=O) groups excluding carboxylic acids is 1. The average Bonchev–Trinajstić information content (AvgIpc) is 3.40. The van der Waals surface area contributed by atoms with Crippen LogP contribution in [0.15, 0.2) is 46.0 Å². The fourth-order valence-corrected chi connectivity index (χ4v) is 5.33. The first-order valence-corrected chi connectivity index (χ1v) is 13.3. The number of halogens is 4. The third-order valence-corrected chi connectivity index (χ3v) is 7.37. The number of carboxylic acids is 1. The van der Waals surface area contributed by atoms with Crippen LogP contribution in [0.5, 0.6) is 0 Å². The first-order chi connectivity index (χ1) is 18.6. The van der Waals surface area contributed by atoms with Gasteiger partial charge < -0.3 is 19.9 Å². The van der Waals surface area contributed by atoms with Gasteiger partial charge in [-0.3, -0.25) is 9.89 Å². The van der Waals surface area contributed by atoms with Crippen LogP contribution in [-0.2, 0) is 19.1 Å². The lowest BCUT2D eigenvalue weighted by Crippen LogP contribution is -2.51. The molecule has 2 aliphatic heterocycles. The summed E-state index contributed by atoms with van der Waals surface area (Å²) in [7, 11) is 0. The molecule has 1 saturated heterocycles. The third-order valence-electron chi connectivity index (χ3n) is 6.27. The highest BCUT2D eigenvalue weighted by atomic mass is 35.5. The number of benzene rings is 1. The molecule has 210 valence electrons. The molecule has 0 amide bonds. The molecule has 0 aliphatic carbocycles. The topological polar surface area (TPSA) is 113 Å². The second-order valence-electron chi connectivity index (χ2n) is 8.99. The minimum atomic E-state index is -3.16. The summed E-state index contributed by atoms with van der Waals surface area (Å²) in [5.74, 6) is -6.52. The minimum Gasteiger partial charge on any atom is -0.480 e. The maximum absolute atomic E-state index is 15.0. The van der Waals surface area contributed by atoms with E-state index >= 15 is 8.78 Å². The summed E-state index contributed by atoms with van der Waals surface area (Å²) in [4.78, 5) is 34.3. The number of nitrogens with one attached hydrogen (secondary N) is 1.